The third-order valence-electron chi connectivity index (χ3n) is 3.77. The van der Waals surface area contributed by atoms with Crippen LogP contribution in [0.5, 0.6) is 0 Å². The van der Waals surface area contributed by atoms with Gasteiger partial charge in [-0.15, -0.1) is 0 Å². The van der Waals surface area contributed by atoms with Gasteiger partial charge in [-0.05, 0) is 38.5 Å². The predicted octanol–water partition coefficient (Wildman–Crippen LogP) is 2.80. The number of rotatable bonds is 7. The number of hydrogen-bond donors (Lipinski definition) is 1. The number of hydrogen-bond acceptors (Lipinski definition) is 3. The summed E-state index contributed by atoms with van der Waals surface area (Å²) in [5, 5.41) is 3.03. The van der Waals surface area contributed by atoms with Crippen molar-refractivity contribution in [2.24, 2.45) is 5.92 Å². The van der Waals surface area contributed by atoms with E-state index in [-0.39, 0.29) is 24.7 Å². The Morgan fingerprint density at radius 1 is 1.11 bits per heavy atom. The molecule has 0 aliphatic heterocycles. The smallest absolute Gasteiger partial charge is 0.306 e. The number of ether oxygens (including phenoxy) is 1. The molecule has 0 aromatic heterocycles. The molecule has 4 heteroatoms. The maximum Gasteiger partial charge on any atom is 0.306 e. The number of amides is 1. The molecule has 0 heterocycles. The monoisotopic (exact) mass is 269 g/mol. The average molecular weight is 269 g/mol. The van der Waals surface area contributed by atoms with Crippen molar-refractivity contribution >= 4 is 11.9 Å². The van der Waals surface area contributed by atoms with Gasteiger partial charge in [-0.2, -0.15) is 0 Å². The van der Waals surface area contributed by atoms with Crippen LogP contribution in [-0.4, -0.2) is 24.5 Å². The molecule has 0 aromatic carbocycles. The van der Waals surface area contributed by atoms with Crippen molar-refractivity contribution in [1.82, 2.24) is 5.32 Å². The zero-order valence-electron chi connectivity index (χ0n) is 12.2. The van der Waals surface area contributed by atoms with Crippen molar-refractivity contribution in [3.63, 3.8) is 0 Å². The van der Waals surface area contributed by atoms with E-state index in [0.717, 1.165) is 18.8 Å². The molecule has 1 fully saturated rings. The van der Waals surface area contributed by atoms with E-state index in [0.29, 0.717) is 12.6 Å². The minimum absolute atomic E-state index is 0.0213. The quantitative estimate of drug-likeness (QED) is 0.723. The zero-order chi connectivity index (χ0) is 14.1. The number of carbonyl (C=O) groups excluding carboxylic acids is 2. The highest BCUT2D eigenvalue weighted by Crippen LogP contribution is 2.27. The molecule has 0 bridgehead atoms. The SMILES string of the molecule is CCCC1CCC(NC(=O)CCC(=O)OCC)CC1. The average Bonchev–Trinajstić information content (AvgIpc) is 2.39. The maximum absolute atomic E-state index is 11.7. The summed E-state index contributed by atoms with van der Waals surface area (Å²) in [5.41, 5.74) is 0. The third kappa shape index (κ3) is 6.60. The van der Waals surface area contributed by atoms with Crippen LogP contribution >= 0.6 is 0 Å². The van der Waals surface area contributed by atoms with E-state index in [1.165, 1.54) is 25.7 Å². The Labute approximate surface area is 116 Å². The van der Waals surface area contributed by atoms with Gasteiger partial charge in [-0.3, -0.25) is 9.59 Å². The summed E-state index contributed by atoms with van der Waals surface area (Å²) >= 11 is 0. The molecule has 1 amide bonds. The Hall–Kier alpha value is -1.06. The number of nitrogens with one attached hydrogen (secondary N) is 1. The molecular weight excluding hydrogens is 242 g/mol. The molecule has 19 heavy (non-hydrogen) atoms. The van der Waals surface area contributed by atoms with E-state index in [2.05, 4.69) is 12.2 Å². The minimum atomic E-state index is -0.288. The van der Waals surface area contributed by atoms with Gasteiger partial charge < -0.3 is 10.1 Å². The summed E-state index contributed by atoms with van der Waals surface area (Å²) in [6, 6.07) is 0.308. The van der Waals surface area contributed by atoms with E-state index in [1.807, 2.05) is 0 Å². The van der Waals surface area contributed by atoms with Crippen LogP contribution < -0.4 is 5.32 Å². The minimum Gasteiger partial charge on any atom is -0.466 e. The van der Waals surface area contributed by atoms with Crippen molar-refractivity contribution in [1.29, 1.82) is 0 Å². The van der Waals surface area contributed by atoms with Crippen LogP contribution in [0.1, 0.15) is 65.2 Å². The number of esters is 1. The van der Waals surface area contributed by atoms with Crippen LogP contribution in [-0.2, 0) is 14.3 Å². The Morgan fingerprint density at radius 2 is 1.79 bits per heavy atom. The zero-order valence-corrected chi connectivity index (χ0v) is 12.2. The first-order chi connectivity index (χ1) is 9.15. The molecule has 1 saturated carbocycles. The standard InChI is InChI=1S/C15H27NO3/c1-3-5-12-6-8-13(9-7-12)16-14(17)10-11-15(18)19-4-2/h12-13H,3-11H2,1-2H3,(H,16,17). The summed E-state index contributed by atoms with van der Waals surface area (Å²) in [7, 11) is 0. The topological polar surface area (TPSA) is 55.4 Å². The molecular formula is C15H27NO3. The Kier molecular flexibility index (Phi) is 7.53. The second kappa shape index (κ2) is 8.94. The summed E-state index contributed by atoms with van der Waals surface area (Å²) in [6.45, 7) is 4.37. The first-order valence-electron chi connectivity index (χ1n) is 7.60. The second-order valence-electron chi connectivity index (χ2n) is 5.38. The molecule has 0 saturated heterocycles. The van der Waals surface area contributed by atoms with Crippen LogP contribution in [0, 0.1) is 5.92 Å². The lowest BCUT2D eigenvalue weighted by Gasteiger charge is -2.28. The van der Waals surface area contributed by atoms with Crippen LogP contribution in [0.2, 0.25) is 0 Å². The molecule has 0 radical (unpaired) electrons. The fraction of sp³-hybridized carbons (Fsp3) is 0.867. The highest BCUT2D eigenvalue weighted by molar-refractivity contribution is 5.81. The van der Waals surface area contributed by atoms with Gasteiger partial charge in [-0.25, -0.2) is 0 Å². The third-order valence-corrected chi connectivity index (χ3v) is 3.77. The molecule has 1 aliphatic rings. The Bertz CT molecular complexity index is 283. The van der Waals surface area contributed by atoms with E-state index in [4.69, 9.17) is 4.74 Å². The summed E-state index contributed by atoms with van der Waals surface area (Å²) in [5.74, 6) is 0.536. The van der Waals surface area contributed by atoms with Gasteiger partial charge in [0.15, 0.2) is 0 Å². The summed E-state index contributed by atoms with van der Waals surface area (Å²) in [4.78, 5) is 22.9. The van der Waals surface area contributed by atoms with E-state index in [9.17, 15) is 9.59 Å². The van der Waals surface area contributed by atoms with Crippen LogP contribution in [0.3, 0.4) is 0 Å². The normalized spacial score (nSPS) is 22.8. The van der Waals surface area contributed by atoms with Gasteiger partial charge in [-0.1, -0.05) is 19.8 Å². The summed E-state index contributed by atoms with van der Waals surface area (Å²) < 4.78 is 4.80. The molecule has 0 aromatic rings. The molecule has 0 spiro atoms. The Balaban J connectivity index is 2.14. The fourth-order valence-electron chi connectivity index (χ4n) is 2.75. The maximum atomic E-state index is 11.7. The lowest BCUT2D eigenvalue weighted by molar-refractivity contribution is -0.144. The lowest BCUT2D eigenvalue weighted by atomic mass is 9.83. The highest BCUT2D eigenvalue weighted by atomic mass is 16.5. The van der Waals surface area contributed by atoms with Crippen molar-refractivity contribution in [2.45, 2.75) is 71.3 Å². The van der Waals surface area contributed by atoms with Crippen LogP contribution in [0.4, 0.5) is 0 Å². The van der Waals surface area contributed by atoms with Crippen molar-refractivity contribution in [2.75, 3.05) is 6.61 Å². The molecule has 0 unspecified atom stereocenters. The van der Waals surface area contributed by atoms with Crippen LogP contribution in [0.25, 0.3) is 0 Å². The summed E-state index contributed by atoms with van der Waals surface area (Å²) in [6.07, 6.45) is 7.59. The molecule has 110 valence electrons. The molecule has 0 atom stereocenters. The van der Waals surface area contributed by atoms with Gasteiger partial charge in [0.1, 0.15) is 0 Å². The first-order valence-corrected chi connectivity index (χ1v) is 7.60. The van der Waals surface area contributed by atoms with E-state index >= 15 is 0 Å². The largest absolute Gasteiger partial charge is 0.466 e. The van der Waals surface area contributed by atoms with Gasteiger partial charge in [0, 0.05) is 12.5 Å². The molecule has 1 rings (SSSR count). The van der Waals surface area contributed by atoms with E-state index in [1.54, 1.807) is 6.92 Å². The van der Waals surface area contributed by atoms with Gasteiger partial charge in [0.05, 0.1) is 13.0 Å². The molecule has 1 N–H and O–H groups in total. The van der Waals surface area contributed by atoms with Crippen LogP contribution in [0.15, 0.2) is 0 Å². The van der Waals surface area contributed by atoms with E-state index < -0.39 is 0 Å². The predicted molar refractivity (Wildman–Crippen MR) is 74.7 cm³/mol. The Morgan fingerprint density at radius 3 is 2.37 bits per heavy atom. The van der Waals surface area contributed by atoms with Gasteiger partial charge in [0.2, 0.25) is 5.91 Å². The fourth-order valence-corrected chi connectivity index (χ4v) is 2.75. The second-order valence-corrected chi connectivity index (χ2v) is 5.38. The van der Waals surface area contributed by atoms with Gasteiger partial charge >= 0.3 is 5.97 Å². The van der Waals surface area contributed by atoms with Gasteiger partial charge in [0.25, 0.3) is 0 Å². The molecule has 1 aliphatic carbocycles. The highest BCUT2D eigenvalue weighted by Gasteiger charge is 2.21. The number of carbonyl (C=O) groups is 2. The van der Waals surface area contributed by atoms with Crippen molar-refractivity contribution < 1.29 is 14.3 Å². The lowest BCUT2D eigenvalue weighted by Crippen LogP contribution is -2.37. The first kappa shape index (κ1) is 16.0. The molecule has 4 nitrogen and oxygen atoms in total. The van der Waals surface area contributed by atoms with Crippen molar-refractivity contribution in [3.05, 3.63) is 0 Å². The van der Waals surface area contributed by atoms with Crippen molar-refractivity contribution in [3.8, 4) is 0 Å².